The zero-order valence-electron chi connectivity index (χ0n) is 21.8. The normalized spacial score (nSPS) is 22.9. The summed E-state index contributed by atoms with van der Waals surface area (Å²) in [5.74, 6) is -0.893. The van der Waals surface area contributed by atoms with Gasteiger partial charge in [0.1, 0.15) is 0 Å². The van der Waals surface area contributed by atoms with E-state index >= 15 is 0 Å². The van der Waals surface area contributed by atoms with Gasteiger partial charge in [-0.25, -0.2) is 0 Å². The lowest BCUT2D eigenvalue weighted by Gasteiger charge is -2.27. The first-order chi connectivity index (χ1) is 17.1. The van der Waals surface area contributed by atoms with Crippen LogP contribution in [0.5, 0.6) is 0 Å². The van der Waals surface area contributed by atoms with E-state index < -0.39 is 11.5 Å². The van der Waals surface area contributed by atoms with Gasteiger partial charge in [-0.1, -0.05) is 42.4 Å². The molecule has 36 heavy (non-hydrogen) atoms. The van der Waals surface area contributed by atoms with E-state index in [2.05, 4.69) is 55.5 Å². The number of benzene rings is 1. The Balaban J connectivity index is 1.76. The molecule has 0 radical (unpaired) electrons. The van der Waals surface area contributed by atoms with E-state index in [4.69, 9.17) is 0 Å². The van der Waals surface area contributed by atoms with Gasteiger partial charge >= 0.3 is 0 Å². The number of nitrogens with zero attached hydrogens (tertiary/aromatic N) is 2. The van der Waals surface area contributed by atoms with Crippen LogP contribution >= 0.6 is 22.6 Å². The predicted molar refractivity (Wildman–Crippen MR) is 153 cm³/mol. The number of hydrogen-bond donors (Lipinski definition) is 2. The lowest BCUT2D eigenvalue weighted by Crippen LogP contribution is -2.44. The Morgan fingerprint density at radius 3 is 2.72 bits per heavy atom. The summed E-state index contributed by atoms with van der Waals surface area (Å²) in [6.45, 7) is 9.12. The van der Waals surface area contributed by atoms with Crippen molar-refractivity contribution in [2.75, 3.05) is 24.6 Å². The fourth-order valence-electron chi connectivity index (χ4n) is 5.02. The molecule has 0 aliphatic carbocycles. The number of fused-ring (bicyclic) bond motifs is 1. The smallest absolute Gasteiger partial charge is 0.264 e. The molecule has 2 N–H and O–H groups in total. The molecule has 0 saturated carbocycles. The molecule has 3 rings (SSSR count). The Kier molecular flexibility index (Phi) is 9.94. The number of carbonyl (C=O) groups excluding carboxylic acids is 2. The minimum absolute atomic E-state index is 0.0196. The highest BCUT2D eigenvalue weighted by Crippen LogP contribution is 2.45. The van der Waals surface area contributed by atoms with Gasteiger partial charge in [0, 0.05) is 34.6 Å². The van der Waals surface area contributed by atoms with Crippen molar-refractivity contribution in [2.24, 2.45) is 5.92 Å². The van der Waals surface area contributed by atoms with Crippen molar-refractivity contribution in [1.29, 1.82) is 0 Å². The van der Waals surface area contributed by atoms with Gasteiger partial charge < -0.3 is 20.0 Å². The van der Waals surface area contributed by atoms with Gasteiger partial charge in [0.15, 0.2) is 5.60 Å². The number of aliphatic hydroxyl groups excluding tert-OH is 1. The maximum Gasteiger partial charge on any atom is 0.264 e. The molecule has 0 unspecified atom stereocenters. The highest BCUT2D eigenvalue weighted by atomic mass is 127. The van der Waals surface area contributed by atoms with Crippen LogP contribution in [0.25, 0.3) is 0 Å². The van der Waals surface area contributed by atoms with Crippen LogP contribution in [0, 0.1) is 9.49 Å². The van der Waals surface area contributed by atoms with Gasteiger partial charge in [0.25, 0.3) is 5.91 Å². The quantitative estimate of drug-likeness (QED) is 0.288. The molecule has 1 saturated heterocycles. The van der Waals surface area contributed by atoms with Crippen LogP contribution in [0.4, 0.5) is 5.69 Å². The second-order valence-corrected chi connectivity index (χ2v) is 11.4. The highest BCUT2D eigenvalue weighted by molar-refractivity contribution is 14.1. The van der Waals surface area contributed by atoms with Crippen LogP contribution in [-0.4, -0.2) is 52.7 Å². The van der Waals surface area contributed by atoms with Crippen molar-refractivity contribution in [3.05, 3.63) is 62.8 Å². The van der Waals surface area contributed by atoms with E-state index in [0.717, 1.165) is 34.9 Å². The number of amides is 2. The molecular weight excluding hydrogens is 567 g/mol. The van der Waals surface area contributed by atoms with Crippen molar-refractivity contribution in [3.63, 3.8) is 0 Å². The Hall–Kier alpha value is -1.97. The van der Waals surface area contributed by atoms with Crippen molar-refractivity contribution < 1.29 is 19.8 Å². The minimum Gasteiger partial charge on any atom is -0.394 e. The van der Waals surface area contributed by atoms with Gasteiger partial charge in [-0.3, -0.25) is 9.59 Å². The average Bonchev–Trinajstić information content (AvgIpc) is 3.39. The number of carbonyl (C=O) groups is 2. The molecule has 0 spiro atoms. The maximum absolute atomic E-state index is 13.6. The van der Waals surface area contributed by atoms with Crippen molar-refractivity contribution in [2.45, 2.75) is 71.4 Å². The third kappa shape index (κ3) is 6.29. The summed E-state index contributed by atoms with van der Waals surface area (Å²) in [7, 11) is 0. The minimum atomic E-state index is -1.69. The number of halogens is 1. The standard InChI is InChI=1S/C29H39IN2O4/c1-20(2)8-5-9-21(3)15-17-32-26-14-13-23(30)18-25(26)29(36,28(32)35)22(4)10-6-12-27(34)31-16-7-11-24(31)19-33/h6,8,10,13-15,18,22,24,33,36H,5,7,9,11-12,16-17,19H2,1-4H3/b10-6+,21-15+/t22-,24-,29+/m0/s1. The average molecular weight is 607 g/mol. The van der Waals surface area contributed by atoms with Crippen molar-refractivity contribution in [1.82, 2.24) is 4.90 Å². The summed E-state index contributed by atoms with van der Waals surface area (Å²) < 4.78 is 0.948. The maximum atomic E-state index is 13.6. The molecule has 2 aliphatic heterocycles. The summed E-state index contributed by atoms with van der Waals surface area (Å²) in [5, 5.41) is 21.3. The lowest BCUT2D eigenvalue weighted by molar-refractivity contribution is -0.139. The second-order valence-electron chi connectivity index (χ2n) is 10.2. The van der Waals surface area contributed by atoms with E-state index in [1.165, 1.54) is 11.1 Å². The summed E-state index contributed by atoms with van der Waals surface area (Å²) in [5.41, 5.74) is 2.15. The van der Waals surface area contributed by atoms with E-state index in [1.807, 2.05) is 25.1 Å². The SMILES string of the molecule is CC(C)=CCC/C(C)=C/CN1C(=O)[C@@](O)([C@@H](C)/C=C/CC(=O)N2CCC[C@H]2CO)c2cc(I)ccc21. The third-order valence-corrected chi connectivity index (χ3v) is 7.90. The van der Waals surface area contributed by atoms with Gasteiger partial charge in [-0.05, 0) is 87.2 Å². The lowest BCUT2D eigenvalue weighted by atomic mass is 9.83. The summed E-state index contributed by atoms with van der Waals surface area (Å²) in [6, 6.07) is 5.63. The summed E-state index contributed by atoms with van der Waals surface area (Å²) in [4.78, 5) is 29.7. The number of rotatable bonds is 10. The Bertz CT molecular complexity index is 1060. The van der Waals surface area contributed by atoms with Gasteiger partial charge in [-0.2, -0.15) is 0 Å². The molecule has 1 fully saturated rings. The molecular formula is C29H39IN2O4. The molecule has 196 valence electrons. The van der Waals surface area contributed by atoms with Crippen LogP contribution < -0.4 is 4.90 Å². The molecule has 3 atom stereocenters. The zero-order chi connectivity index (χ0) is 26.5. The van der Waals surface area contributed by atoms with Gasteiger partial charge in [0.05, 0.1) is 18.3 Å². The fraction of sp³-hybridized carbons (Fsp3) is 0.517. The third-order valence-electron chi connectivity index (χ3n) is 7.23. The van der Waals surface area contributed by atoms with Crippen LogP contribution in [0.15, 0.2) is 53.6 Å². The molecule has 2 aliphatic rings. The van der Waals surface area contributed by atoms with Crippen molar-refractivity contribution in [3.8, 4) is 0 Å². The Morgan fingerprint density at radius 1 is 1.28 bits per heavy atom. The van der Waals surface area contributed by atoms with E-state index in [9.17, 15) is 19.8 Å². The van der Waals surface area contributed by atoms with E-state index in [1.54, 1.807) is 22.0 Å². The van der Waals surface area contributed by atoms with Gasteiger partial charge in [-0.15, -0.1) is 0 Å². The molecule has 6 nitrogen and oxygen atoms in total. The fourth-order valence-corrected chi connectivity index (χ4v) is 5.51. The number of allylic oxidation sites excluding steroid dienone is 3. The van der Waals surface area contributed by atoms with Gasteiger partial charge in [0.2, 0.25) is 5.91 Å². The monoisotopic (exact) mass is 606 g/mol. The largest absolute Gasteiger partial charge is 0.394 e. The zero-order valence-corrected chi connectivity index (χ0v) is 24.0. The van der Waals surface area contributed by atoms with Crippen LogP contribution in [0.2, 0.25) is 0 Å². The van der Waals surface area contributed by atoms with E-state index in [0.29, 0.717) is 18.7 Å². The topological polar surface area (TPSA) is 81.1 Å². The first-order valence-corrected chi connectivity index (χ1v) is 13.9. The molecule has 0 aromatic heterocycles. The summed E-state index contributed by atoms with van der Waals surface area (Å²) >= 11 is 2.20. The molecule has 0 bridgehead atoms. The van der Waals surface area contributed by atoms with Crippen LogP contribution in [0.1, 0.15) is 65.4 Å². The predicted octanol–water partition coefficient (Wildman–Crippen LogP) is 5.08. The Morgan fingerprint density at radius 2 is 2.03 bits per heavy atom. The number of anilines is 1. The first kappa shape index (κ1) is 28.6. The summed E-state index contributed by atoms with van der Waals surface area (Å²) in [6.07, 6.45) is 11.6. The van der Waals surface area contributed by atoms with E-state index in [-0.39, 0.29) is 30.9 Å². The number of likely N-dealkylation sites (tertiary alicyclic amines) is 1. The molecule has 1 aromatic carbocycles. The van der Waals surface area contributed by atoms with Crippen LogP contribution in [-0.2, 0) is 15.2 Å². The number of aliphatic hydroxyl groups is 2. The first-order valence-electron chi connectivity index (χ1n) is 12.8. The molecule has 7 heteroatoms. The number of hydrogen-bond acceptors (Lipinski definition) is 4. The highest BCUT2D eigenvalue weighted by Gasteiger charge is 2.52. The second kappa shape index (κ2) is 12.5. The molecule has 2 amide bonds. The van der Waals surface area contributed by atoms with Crippen LogP contribution in [0.3, 0.4) is 0 Å². The van der Waals surface area contributed by atoms with Crippen molar-refractivity contribution >= 4 is 40.1 Å². The Labute approximate surface area is 228 Å². The molecule has 1 aromatic rings. The molecule has 2 heterocycles.